The fourth-order valence-corrected chi connectivity index (χ4v) is 1.79. The molecule has 1 aromatic carbocycles. The zero-order chi connectivity index (χ0) is 14.4. The van der Waals surface area contributed by atoms with Crippen molar-refractivity contribution in [3.05, 3.63) is 46.7 Å². The Morgan fingerprint density at radius 3 is 2.75 bits per heavy atom. The molecule has 1 heterocycles. The monoisotopic (exact) mass is 293 g/mol. The molecule has 0 aliphatic heterocycles. The Hall–Kier alpha value is -1.85. The van der Waals surface area contributed by atoms with Crippen molar-refractivity contribution in [1.82, 2.24) is 10.5 Å². The number of nitrogens with one attached hydrogen (secondary N) is 2. The van der Waals surface area contributed by atoms with Crippen LogP contribution < -0.4 is 10.6 Å². The Kier molecular flexibility index (Phi) is 5.15. The van der Waals surface area contributed by atoms with Gasteiger partial charge in [0.05, 0.1) is 0 Å². The standard InChI is InChI=1S/C14H16ClN3O2/c1-10-8-13(18-20-10)17-14(19)6-7-16-9-11-2-4-12(15)5-3-11/h2-5,8,16H,6-7,9H2,1H3,(H,17,18,19). The van der Waals surface area contributed by atoms with Gasteiger partial charge in [-0.3, -0.25) is 4.79 Å². The van der Waals surface area contributed by atoms with Crippen LogP contribution in [0.1, 0.15) is 17.7 Å². The van der Waals surface area contributed by atoms with Gasteiger partial charge in [-0.05, 0) is 24.6 Å². The average molecular weight is 294 g/mol. The molecule has 0 spiro atoms. The van der Waals surface area contributed by atoms with Crippen molar-refractivity contribution < 1.29 is 9.32 Å². The van der Waals surface area contributed by atoms with Crippen molar-refractivity contribution in [2.24, 2.45) is 0 Å². The van der Waals surface area contributed by atoms with Crippen LogP contribution in [0.3, 0.4) is 0 Å². The van der Waals surface area contributed by atoms with Gasteiger partial charge in [0.2, 0.25) is 5.91 Å². The van der Waals surface area contributed by atoms with E-state index in [1.807, 2.05) is 24.3 Å². The second-order valence-corrected chi connectivity index (χ2v) is 4.86. The summed E-state index contributed by atoms with van der Waals surface area (Å²) >= 11 is 5.81. The van der Waals surface area contributed by atoms with E-state index in [1.54, 1.807) is 13.0 Å². The first-order valence-corrected chi connectivity index (χ1v) is 6.69. The molecule has 0 atom stereocenters. The number of amides is 1. The molecule has 0 fully saturated rings. The third-order valence-electron chi connectivity index (χ3n) is 2.67. The van der Waals surface area contributed by atoms with Crippen LogP contribution in [0.25, 0.3) is 0 Å². The van der Waals surface area contributed by atoms with Gasteiger partial charge in [0.15, 0.2) is 5.82 Å². The number of hydrogen-bond donors (Lipinski definition) is 2. The summed E-state index contributed by atoms with van der Waals surface area (Å²) in [5.41, 5.74) is 1.13. The Labute approximate surface area is 122 Å². The van der Waals surface area contributed by atoms with E-state index in [2.05, 4.69) is 15.8 Å². The normalized spacial score (nSPS) is 10.5. The van der Waals surface area contributed by atoms with Crippen molar-refractivity contribution in [1.29, 1.82) is 0 Å². The number of aryl methyl sites for hydroxylation is 1. The molecule has 0 saturated heterocycles. The Bertz CT molecular complexity index is 566. The predicted octanol–water partition coefficient (Wildman–Crippen LogP) is 2.75. The summed E-state index contributed by atoms with van der Waals surface area (Å²) in [5.74, 6) is 1.02. The summed E-state index contributed by atoms with van der Waals surface area (Å²) in [7, 11) is 0. The second-order valence-electron chi connectivity index (χ2n) is 4.42. The summed E-state index contributed by atoms with van der Waals surface area (Å²) in [6, 6.07) is 9.27. The number of rotatable bonds is 6. The lowest BCUT2D eigenvalue weighted by atomic mass is 10.2. The molecule has 0 radical (unpaired) electrons. The molecule has 5 nitrogen and oxygen atoms in total. The minimum absolute atomic E-state index is 0.0955. The molecule has 20 heavy (non-hydrogen) atoms. The van der Waals surface area contributed by atoms with Gasteiger partial charge in [-0.1, -0.05) is 28.9 Å². The van der Waals surface area contributed by atoms with Gasteiger partial charge >= 0.3 is 0 Å². The first-order valence-electron chi connectivity index (χ1n) is 6.32. The number of carbonyl (C=O) groups excluding carboxylic acids is 1. The van der Waals surface area contributed by atoms with E-state index >= 15 is 0 Å². The van der Waals surface area contributed by atoms with E-state index in [-0.39, 0.29) is 5.91 Å². The number of halogens is 1. The molecule has 6 heteroatoms. The first kappa shape index (κ1) is 14.6. The van der Waals surface area contributed by atoms with E-state index in [4.69, 9.17) is 16.1 Å². The highest BCUT2D eigenvalue weighted by atomic mass is 35.5. The smallest absolute Gasteiger partial charge is 0.226 e. The molecule has 2 aromatic rings. The van der Waals surface area contributed by atoms with Crippen LogP contribution >= 0.6 is 11.6 Å². The fourth-order valence-electron chi connectivity index (χ4n) is 1.67. The Morgan fingerprint density at radius 1 is 1.35 bits per heavy atom. The van der Waals surface area contributed by atoms with E-state index in [0.29, 0.717) is 31.1 Å². The van der Waals surface area contributed by atoms with Crippen molar-refractivity contribution >= 4 is 23.3 Å². The Balaban J connectivity index is 1.65. The highest BCUT2D eigenvalue weighted by Crippen LogP contribution is 2.09. The van der Waals surface area contributed by atoms with E-state index in [1.165, 1.54) is 0 Å². The molecule has 0 unspecified atom stereocenters. The van der Waals surface area contributed by atoms with Gasteiger partial charge in [0.1, 0.15) is 5.76 Å². The highest BCUT2D eigenvalue weighted by Gasteiger charge is 2.05. The lowest BCUT2D eigenvalue weighted by Crippen LogP contribution is -2.21. The van der Waals surface area contributed by atoms with Crippen LogP contribution in [-0.2, 0) is 11.3 Å². The largest absolute Gasteiger partial charge is 0.360 e. The molecule has 1 aromatic heterocycles. The number of nitrogens with zero attached hydrogens (tertiary/aromatic N) is 1. The lowest BCUT2D eigenvalue weighted by molar-refractivity contribution is -0.116. The van der Waals surface area contributed by atoms with Crippen LogP contribution in [0.5, 0.6) is 0 Å². The van der Waals surface area contributed by atoms with Gasteiger partial charge in [-0.25, -0.2) is 0 Å². The molecule has 2 N–H and O–H groups in total. The lowest BCUT2D eigenvalue weighted by Gasteiger charge is -2.05. The second kappa shape index (κ2) is 7.07. The SMILES string of the molecule is Cc1cc(NC(=O)CCNCc2ccc(Cl)cc2)no1. The van der Waals surface area contributed by atoms with Gasteiger partial charge in [0, 0.05) is 30.6 Å². The number of carbonyl (C=O) groups is 1. The number of hydrogen-bond acceptors (Lipinski definition) is 4. The molecule has 0 aliphatic carbocycles. The number of anilines is 1. The average Bonchev–Trinajstić information content (AvgIpc) is 2.82. The highest BCUT2D eigenvalue weighted by molar-refractivity contribution is 6.30. The molecule has 0 bridgehead atoms. The first-order chi connectivity index (χ1) is 9.63. The van der Waals surface area contributed by atoms with Crippen LogP contribution in [0, 0.1) is 6.92 Å². The maximum atomic E-state index is 11.6. The maximum Gasteiger partial charge on any atom is 0.226 e. The molecular formula is C14H16ClN3O2. The quantitative estimate of drug-likeness (QED) is 0.804. The summed E-state index contributed by atoms with van der Waals surface area (Å²) in [6.45, 7) is 3.06. The van der Waals surface area contributed by atoms with Crippen molar-refractivity contribution in [3.63, 3.8) is 0 Å². The fraction of sp³-hybridized carbons (Fsp3) is 0.286. The van der Waals surface area contributed by atoms with E-state index in [9.17, 15) is 4.79 Å². The van der Waals surface area contributed by atoms with Crippen molar-refractivity contribution in [2.45, 2.75) is 19.9 Å². The Morgan fingerprint density at radius 2 is 2.10 bits per heavy atom. The predicted molar refractivity (Wildman–Crippen MR) is 77.6 cm³/mol. The summed E-state index contributed by atoms with van der Waals surface area (Å²) < 4.78 is 4.87. The molecule has 1 amide bonds. The molecule has 0 aliphatic rings. The minimum atomic E-state index is -0.0955. The van der Waals surface area contributed by atoms with Gasteiger partial charge < -0.3 is 15.2 Å². The number of benzene rings is 1. The topological polar surface area (TPSA) is 67.2 Å². The number of aromatic nitrogens is 1. The molecule has 2 rings (SSSR count). The zero-order valence-electron chi connectivity index (χ0n) is 11.1. The third-order valence-corrected chi connectivity index (χ3v) is 2.92. The zero-order valence-corrected chi connectivity index (χ0v) is 11.9. The van der Waals surface area contributed by atoms with Crippen LogP contribution in [0.2, 0.25) is 5.02 Å². The minimum Gasteiger partial charge on any atom is -0.360 e. The third kappa shape index (κ3) is 4.68. The van der Waals surface area contributed by atoms with Gasteiger partial charge in [-0.15, -0.1) is 0 Å². The van der Waals surface area contributed by atoms with Crippen molar-refractivity contribution in [2.75, 3.05) is 11.9 Å². The van der Waals surface area contributed by atoms with Crippen LogP contribution in [0.15, 0.2) is 34.9 Å². The van der Waals surface area contributed by atoms with Gasteiger partial charge in [0.25, 0.3) is 0 Å². The summed E-state index contributed by atoms with van der Waals surface area (Å²) in [6.07, 6.45) is 0.375. The molecule has 0 saturated carbocycles. The summed E-state index contributed by atoms with van der Waals surface area (Å²) in [5, 5.41) is 10.3. The molecular weight excluding hydrogens is 278 g/mol. The van der Waals surface area contributed by atoms with Crippen LogP contribution in [0.4, 0.5) is 5.82 Å². The van der Waals surface area contributed by atoms with E-state index < -0.39 is 0 Å². The summed E-state index contributed by atoms with van der Waals surface area (Å²) in [4.78, 5) is 11.6. The van der Waals surface area contributed by atoms with E-state index in [0.717, 1.165) is 10.6 Å². The molecule has 106 valence electrons. The van der Waals surface area contributed by atoms with Gasteiger partial charge in [-0.2, -0.15) is 0 Å². The van der Waals surface area contributed by atoms with Crippen LogP contribution in [-0.4, -0.2) is 17.6 Å². The maximum absolute atomic E-state index is 11.6. The van der Waals surface area contributed by atoms with Crippen molar-refractivity contribution in [3.8, 4) is 0 Å².